The summed E-state index contributed by atoms with van der Waals surface area (Å²) in [5.74, 6) is 5.47. The van der Waals surface area contributed by atoms with Crippen molar-refractivity contribution >= 4 is 106 Å². The van der Waals surface area contributed by atoms with Crippen LogP contribution in [0.15, 0.2) is 203 Å². The fourth-order valence-corrected chi connectivity index (χ4v) is 19.5. The zero-order valence-corrected chi connectivity index (χ0v) is 72.6. The van der Waals surface area contributed by atoms with E-state index in [9.17, 15) is 23.6 Å². The number of nitrogens with one attached hydrogen (secondary N) is 4. The van der Waals surface area contributed by atoms with E-state index in [0.717, 1.165) is 150 Å². The topological polar surface area (TPSA) is 333 Å². The van der Waals surface area contributed by atoms with Gasteiger partial charge in [0.05, 0.1) is 76.2 Å². The Morgan fingerprint density at radius 2 is 0.811 bits per heavy atom. The molecule has 8 saturated heterocycles. The number of anilines is 4. The predicted octanol–water partition coefficient (Wildman–Crippen LogP) is 15.0. The molecule has 12 atom stereocenters. The number of halogens is 5. The second-order valence-electron chi connectivity index (χ2n) is 32.3. The highest BCUT2D eigenvalue weighted by Gasteiger charge is 2.48. The molecule has 4 N–H and O–H groups in total. The van der Waals surface area contributed by atoms with Crippen molar-refractivity contribution in [2.45, 2.75) is 146 Å². The molecule has 34 heteroatoms. The first-order valence-electron chi connectivity index (χ1n) is 41.1. The van der Waals surface area contributed by atoms with E-state index >= 15 is 0 Å². The SMILES string of the molecule is Cc1ccc(-n2nccn2)c(C(=O)N2CC3CCC2C(Nc2ccc(Br)cn2)C3)n1.Cc1cnc(-c2ncccn2)c(C(=O)N2CC3CCC2C(Nc2ccc(Br)cn2)C3)c1.Cc1cnc(-n2nccn2)c(C(=O)N2CC3CCC2C(Nc2ccc(Br)cn2)C3)c1.O=C(c1cccc(F)c1-c1ncccn1)N1CC2CCC1C(Nc1ccc(Cl)cn1)C2. The Balaban J connectivity index is 0.000000116. The number of rotatable bonds is 16. The van der Waals surface area contributed by atoms with Crippen LogP contribution in [0.25, 0.3) is 34.4 Å². The summed E-state index contributed by atoms with van der Waals surface area (Å²) in [6.07, 6.45) is 35.8. The fourth-order valence-electron chi connectivity index (χ4n) is 18.6. The van der Waals surface area contributed by atoms with E-state index in [1.165, 1.54) is 15.7 Å². The van der Waals surface area contributed by atoms with Gasteiger partial charge in [-0.3, -0.25) is 24.2 Å². The number of aromatic nitrogens is 17. The minimum absolute atomic E-state index is 0.00258. The number of pyridine rings is 7. The van der Waals surface area contributed by atoms with Gasteiger partial charge in [0.25, 0.3) is 23.6 Å². The van der Waals surface area contributed by atoms with Gasteiger partial charge in [-0.1, -0.05) is 17.7 Å². The number of benzene rings is 1. The Morgan fingerprint density at radius 1 is 0.402 bits per heavy atom. The number of fused-ring (bicyclic) bond motifs is 12. The first-order chi connectivity index (χ1) is 59.3. The van der Waals surface area contributed by atoms with E-state index in [-0.39, 0.29) is 83.4 Å². The zero-order valence-electron chi connectivity index (χ0n) is 67.1. The van der Waals surface area contributed by atoms with Gasteiger partial charge in [-0.2, -0.15) is 20.4 Å². The van der Waals surface area contributed by atoms with E-state index in [0.29, 0.717) is 80.6 Å². The number of hydrogen-bond acceptors (Lipinski definition) is 23. The van der Waals surface area contributed by atoms with E-state index in [2.05, 4.69) is 144 Å². The molecular formula is C88H88Br3ClFN25O4. The van der Waals surface area contributed by atoms with Crippen LogP contribution in [0.3, 0.4) is 0 Å². The number of carbonyl (C=O) groups excluding carboxylic acids is 4. The van der Waals surface area contributed by atoms with Crippen LogP contribution in [0.2, 0.25) is 5.02 Å². The van der Waals surface area contributed by atoms with Gasteiger partial charge in [0.2, 0.25) is 0 Å². The first-order valence-corrected chi connectivity index (χ1v) is 43.8. The van der Waals surface area contributed by atoms with Crippen molar-refractivity contribution < 1.29 is 23.6 Å². The van der Waals surface area contributed by atoms with Gasteiger partial charge >= 0.3 is 0 Å². The molecule has 29 nitrogen and oxygen atoms in total. The Kier molecular flexibility index (Phi) is 25.1. The number of nitrogens with zero attached hydrogens (tertiary/aromatic N) is 21. The van der Waals surface area contributed by atoms with Gasteiger partial charge < -0.3 is 40.9 Å². The molecule has 11 aromatic heterocycles. The molecule has 0 spiro atoms. The molecule has 19 heterocycles. The normalized spacial score (nSPS) is 22.6. The van der Waals surface area contributed by atoms with Gasteiger partial charge in [-0.25, -0.2) is 54.2 Å². The van der Waals surface area contributed by atoms with Crippen LogP contribution in [0, 0.1) is 50.3 Å². The molecule has 4 amide bonds. The Morgan fingerprint density at radius 3 is 1.25 bits per heavy atom. The monoisotopic (exact) mass is 1850 g/mol. The van der Waals surface area contributed by atoms with Crippen LogP contribution < -0.4 is 21.3 Å². The zero-order chi connectivity index (χ0) is 84.1. The second kappa shape index (κ2) is 37.0. The maximum atomic E-state index is 14.8. The smallest absolute Gasteiger partial charge is 0.275 e. The molecule has 4 aliphatic carbocycles. The van der Waals surface area contributed by atoms with Gasteiger partial charge in [0.15, 0.2) is 23.2 Å². The number of carbonyl (C=O) groups is 4. The van der Waals surface area contributed by atoms with Crippen molar-refractivity contribution in [2.75, 3.05) is 47.4 Å². The highest BCUT2D eigenvalue weighted by molar-refractivity contribution is 9.11. The standard InChI is InChI=1S/C23H23BrN6O.C23H21ClFN5O.2C21H22BrN7O/c1-14-9-17(21(28-11-14)22-25-7-2-8-26-22)23(31)30-13-15-3-5-19(30)18(10-15)29-20-6-4-16(24)12-27-20;24-15-6-8-20(28-12-15)29-18-11-14-5-7-19(18)30(13-14)23(31)16-3-1-4-17(25)21(16)22-26-9-2-10-27-22;1-13-2-5-18(29-24-8-9-25-29)20(26-13)21(30)28-12-14-3-6-17(28)16(10-14)27-19-7-4-15(22)11-23-19;1-13-8-16(20(24-10-13)29-25-6-7-26-29)21(30)28-12-14-2-4-18(28)17(9-14)27-19-5-3-15(22)11-23-19/h2,4,6-9,11-12,15,18-19H,3,5,10,13H2,1H3,(H,27,29);1-4,6,8-10,12,14,18-19H,5,7,11,13H2,(H,28,29);2,4-5,7-9,11,14,16-17H,3,6,10,12H2,1H3,(H,23,27);3,5-8,10-11,14,17-18H,2,4,9,12H2,1H3,(H,23,27). The van der Waals surface area contributed by atoms with E-state index in [1.54, 1.807) is 117 Å². The first kappa shape index (κ1) is 82.7. The molecule has 624 valence electrons. The van der Waals surface area contributed by atoms with E-state index in [1.807, 2.05) is 107 Å². The minimum atomic E-state index is -0.501. The van der Waals surface area contributed by atoms with Crippen molar-refractivity contribution in [1.82, 2.24) is 104 Å². The number of hydrogen-bond donors (Lipinski definition) is 4. The van der Waals surface area contributed by atoms with Crippen molar-refractivity contribution in [1.29, 1.82) is 0 Å². The minimum Gasteiger partial charge on any atom is -0.365 e. The lowest BCUT2D eigenvalue weighted by Gasteiger charge is -2.50. The van der Waals surface area contributed by atoms with Gasteiger partial charge in [-0.05, 0) is 277 Å². The summed E-state index contributed by atoms with van der Waals surface area (Å²) >= 11 is 16.2. The van der Waals surface area contributed by atoms with Crippen LogP contribution in [0.4, 0.5) is 27.7 Å². The second-order valence-corrected chi connectivity index (χ2v) is 35.5. The molecule has 12 unspecified atom stereocenters. The van der Waals surface area contributed by atoms with Gasteiger partial charge in [0, 0.05) is 131 Å². The largest absolute Gasteiger partial charge is 0.365 e. The van der Waals surface area contributed by atoms with Crippen molar-refractivity contribution in [3.05, 3.63) is 253 Å². The van der Waals surface area contributed by atoms with Crippen LogP contribution in [-0.2, 0) is 0 Å². The molecule has 12 fully saturated rings. The summed E-state index contributed by atoms with van der Waals surface area (Å²) in [5.41, 5.74) is 5.78. The Hall–Kier alpha value is -11.6. The van der Waals surface area contributed by atoms with E-state index in [4.69, 9.17) is 11.6 Å². The quantitative estimate of drug-likeness (QED) is 0.0698. The number of aryl methyl sites for hydroxylation is 3. The van der Waals surface area contributed by atoms with Gasteiger partial charge in [0.1, 0.15) is 40.5 Å². The number of amides is 4. The maximum absolute atomic E-state index is 14.8. The summed E-state index contributed by atoms with van der Waals surface area (Å²) in [6, 6.07) is 31.9. The summed E-state index contributed by atoms with van der Waals surface area (Å²) in [6.45, 7) is 8.76. The fraction of sp³-hybridized carbons (Fsp3) is 0.352. The highest BCUT2D eigenvalue weighted by atomic mass is 79.9. The van der Waals surface area contributed by atoms with Crippen LogP contribution in [-0.4, -0.2) is 203 Å². The molecule has 8 bridgehead atoms. The van der Waals surface area contributed by atoms with Crippen molar-refractivity contribution in [3.63, 3.8) is 0 Å². The molecule has 122 heavy (non-hydrogen) atoms. The molecule has 8 aliphatic heterocycles. The Labute approximate surface area is 734 Å². The highest BCUT2D eigenvalue weighted by Crippen LogP contribution is 2.43. The maximum Gasteiger partial charge on any atom is 0.275 e. The van der Waals surface area contributed by atoms with Crippen molar-refractivity contribution in [3.8, 4) is 34.4 Å². The molecule has 12 aliphatic rings. The molecular weight excluding hydrogens is 1770 g/mol. The van der Waals surface area contributed by atoms with Crippen LogP contribution in [0.1, 0.15) is 135 Å². The van der Waals surface area contributed by atoms with Crippen LogP contribution >= 0.6 is 59.4 Å². The average molecular weight is 1850 g/mol. The molecule has 1 aromatic carbocycles. The summed E-state index contributed by atoms with van der Waals surface area (Å²) in [7, 11) is 0. The average Bonchev–Trinajstić information content (AvgIpc) is 1.03. The summed E-state index contributed by atoms with van der Waals surface area (Å²) in [4.78, 5) is 114. The number of piperidine rings is 8. The van der Waals surface area contributed by atoms with E-state index < -0.39 is 5.82 Å². The molecule has 4 saturated carbocycles. The predicted molar refractivity (Wildman–Crippen MR) is 469 cm³/mol. The third-order valence-corrected chi connectivity index (χ3v) is 25.8. The lowest BCUT2D eigenvalue weighted by molar-refractivity contribution is 0.0273. The van der Waals surface area contributed by atoms with Gasteiger partial charge in [-0.15, -0.1) is 9.59 Å². The molecule has 12 aromatic rings. The molecule has 24 rings (SSSR count). The third kappa shape index (κ3) is 18.6. The molecule has 0 radical (unpaired) electrons. The summed E-state index contributed by atoms with van der Waals surface area (Å²) < 4.78 is 17.6. The summed E-state index contributed by atoms with van der Waals surface area (Å²) in [5, 5.41) is 31.5. The lowest BCUT2D eigenvalue weighted by atomic mass is 9.76. The lowest BCUT2D eigenvalue weighted by Crippen LogP contribution is -2.60. The third-order valence-electron chi connectivity index (χ3n) is 24.2. The van der Waals surface area contributed by atoms with Crippen molar-refractivity contribution in [2.24, 2.45) is 23.7 Å². The van der Waals surface area contributed by atoms with Crippen LogP contribution in [0.5, 0.6) is 0 Å². The Bertz CT molecular complexity index is 5430.